The van der Waals surface area contributed by atoms with Crippen molar-refractivity contribution in [1.29, 1.82) is 0 Å². The second kappa shape index (κ2) is 5.50. The van der Waals surface area contributed by atoms with Crippen molar-refractivity contribution in [2.45, 2.75) is 19.9 Å². The van der Waals surface area contributed by atoms with E-state index in [1.54, 1.807) is 23.5 Å². The van der Waals surface area contributed by atoms with Gasteiger partial charge in [-0.15, -0.1) is 11.3 Å². The SMILES string of the molecule is Cc1cc(C(CN)Nc2ccc(F)cc2)c(C)s1. The van der Waals surface area contributed by atoms with Crippen molar-refractivity contribution < 1.29 is 4.39 Å². The van der Waals surface area contributed by atoms with Gasteiger partial charge in [0.05, 0.1) is 6.04 Å². The molecule has 0 spiro atoms. The van der Waals surface area contributed by atoms with Gasteiger partial charge in [0.2, 0.25) is 0 Å². The van der Waals surface area contributed by atoms with Gasteiger partial charge in [0, 0.05) is 22.0 Å². The summed E-state index contributed by atoms with van der Waals surface area (Å²) in [6.07, 6.45) is 0. The quantitative estimate of drug-likeness (QED) is 0.885. The highest BCUT2D eigenvalue weighted by atomic mass is 32.1. The van der Waals surface area contributed by atoms with E-state index in [0.717, 1.165) is 5.69 Å². The number of hydrogen-bond acceptors (Lipinski definition) is 3. The van der Waals surface area contributed by atoms with Crippen LogP contribution in [-0.2, 0) is 0 Å². The molecule has 0 aliphatic rings. The van der Waals surface area contributed by atoms with E-state index >= 15 is 0 Å². The van der Waals surface area contributed by atoms with Gasteiger partial charge in [0.25, 0.3) is 0 Å². The van der Waals surface area contributed by atoms with Crippen LogP contribution in [0.25, 0.3) is 0 Å². The Kier molecular flexibility index (Phi) is 3.99. The van der Waals surface area contributed by atoms with Gasteiger partial charge in [0.15, 0.2) is 0 Å². The van der Waals surface area contributed by atoms with Crippen LogP contribution in [-0.4, -0.2) is 6.54 Å². The van der Waals surface area contributed by atoms with Gasteiger partial charge in [-0.1, -0.05) is 0 Å². The molecule has 1 unspecified atom stereocenters. The fraction of sp³-hybridized carbons (Fsp3) is 0.286. The average molecular weight is 264 g/mol. The number of anilines is 1. The lowest BCUT2D eigenvalue weighted by Crippen LogP contribution is -2.20. The number of halogens is 1. The molecule has 0 aliphatic heterocycles. The molecule has 0 bridgehead atoms. The van der Waals surface area contributed by atoms with E-state index < -0.39 is 0 Å². The first-order chi connectivity index (χ1) is 8.60. The topological polar surface area (TPSA) is 38.0 Å². The van der Waals surface area contributed by atoms with E-state index in [4.69, 9.17) is 5.73 Å². The van der Waals surface area contributed by atoms with Crippen molar-refractivity contribution in [1.82, 2.24) is 0 Å². The summed E-state index contributed by atoms with van der Waals surface area (Å²) in [5.41, 5.74) is 7.94. The molecule has 0 saturated heterocycles. The number of nitrogens with two attached hydrogens (primary N) is 1. The molecule has 18 heavy (non-hydrogen) atoms. The minimum Gasteiger partial charge on any atom is -0.377 e. The summed E-state index contributed by atoms with van der Waals surface area (Å²) in [4.78, 5) is 2.56. The number of benzene rings is 1. The highest BCUT2D eigenvalue weighted by Gasteiger charge is 2.14. The molecular weight excluding hydrogens is 247 g/mol. The molecule has 1 aromatic carbocycles. The van der Waals surface area contributed by atoms with Crippen LogP contribution in [0.2, 0.25) is 0 Å². The first kappa shape index (κ1) is 13.1. The van der Waals surface area contributed by atoms with Crippen molar-refractivity contribution in [2.24, 2.45) is 5.73 Å². The Morgan fingerprint density at radius 1 is 1.28 bits per heavy atom. The van der Waals surface area contributed by atoms with Crippen molar-refractivity contribution in [3.8, 4) is 0 Å². The smallest absolute Gasteiger partial charge is 0.123 e. The summed E-state index contributed by atoms with van der Waals surface area (Å²) < 4.78 is 12.8. The van der Waals surface area contributed by atoms with Gasteiger partial charge in [-0.05, 0) is 49.7 Å². The lowest BCUT2D eigenvalue weighted by Gasteiger charge is -2.18. The van der Waals surface area contributed by atoms with Crippen molar-refractivity contribution in [2.75, 3.05) is 11.9 Å². The maximum Gasteiger partial charge on any atom is 0.123 e. The van der Waals surface area contributed by atoms with Crippen LogP contribution in [0.1, 0.15) is 21.4 Å². The van der Waals surface area contributed by atoms with Gasteiger partial charge >= 0.3 is 0 Å². The Hall–Kier alpha value is -1.39. The lowest BCUT2D eigenvalue weighted by atomic mass is 10.1. The molecule has 96 valence electrons. The molecule has 2 rings (SSSR count). The zero-order valence-corrected chi connectivity index (χ0v) is 11.4. The third kappa shape index (κ3) is 2.89. The lowest BCUT2D eigenvalue weighted by molar-refractivity contribution is 0.628. The van der Waals surface area contributed by atoms with E-state index in [9.17, 15) is 4.39 Å². The minimum atomic E-state index is -0.229. The molecule has 2 nitrogen and oxygen atoms in total. The van der Waals surface area contributed by atoms with E-state index in [1.807, 2.05) is 0 Å². The van der Waals surface area contributed by atoms with Crippen molar-refractivity contribution >= 4 is 17.0 Å². The molecule has 2 aromatic rings. The predicted molar refractivity (Wildman–Crippen MR) is 75.6 cm³/mol. The van der Waals surface area contributed by atoms with E-state index in [0.29, 0.717) is 6.54 Å². The molecule has 0 fully saturated rings. The molecule has 0 radical (unpaired) electrons. The molecule has 1 atom stereocenters. The fourth-order valence-electron chi connectivity index (χ4n) is 2.01. The summed E-state index contributed by atoms with van der Waals surface area (Å²) >= 11 is 1.77. The van der Waals surface area contributed by atoms with Gasteiger partial charge in [-0.2, -0.15) is 0 Å². The minimum absolute atomic E-state index is 0.0698. The zero-order chi connectivity index (χ0) is 13.1. The van der Waals surface area contributed by atoms with Crippen molar-refractivity contribution in [3.05, 3.63) is 51.5 Å². The molecular formula is C14H17FN2S. The Morgan fingerprint density at radius 3 is 2.44 bits per heavy atom. The van der Waals surface area contributed by atoms with Crippen LogP contribution in [0.15, 0.2) is 30.3 Å². The summed E-state index contributed by atoms with van der Waals surface area (Å²) in [6, 6.07) is 8.58. The zero-order valence-electron chi connectivity index (χ0n) is 10.5. The fourth-order valence-corrected chi connectivity index (χ4v) is 3.00. The molecule has 0 saturated carbocycles. The highest BCUT2D eigenvalue weighted by Crippen LogP contribution is 2.28. The van der Waals surface area contributed by atoms with Gasteiger partial charge in [-0.3, -0.25) is 0 Å². The first-order valence-corrected chi connectivity index (χ1v) is 6.71. The summed E-state index contributed by atoms with van der Waals surface area (Å²) in [5.74, 6) is -0.229. The molecule has 3 N–H and O–H groups in total. The maximum absolute atomic E-state index is 12.8. The summed E-state index contributed by atoms with van der Waals surface area (Å²) in [5, 5.41) is 3.34. The van der Waals surface area contributed by atoms with Crippen LogP contribution in [0.5, 0.6) is 0 Å². The molecule has 1 aromatic heterocycles. The van der Waals surface area contributed by atoms with Gasteiger partial charge < -0.3 is 11.1 Å². The number of aryl methyl sites for hydroxylation is 2. The Labute approximate surface area is 111 Å². The second-order valence-corrected chi connectivity index (χ2v) is 5.77. The summed E-state index contributed by atoms with van der Waals surface area (Å²) in [7, 11) is 0. The molecule has 0 aliphatic carbocycles. The number of thiophene rings is 1. The number of nitrogens with one attached hydrogen (secondary N) is 1. The van der Waals surface area contributed by atoms with Crippen LogP contribution in [0.3, 0.4) is 0 Å². The third-order valence-corrected chi connectivity index (χ3v) is 3.86. The monoisotopic (exact) mass is 264 g/mol. The maximum atomic E-state index is 12.8. The number of hydrogen-bond donors (Lipinski definition) is 2. The van der Waals surface area contributed by atoms with Crippen molar-refractivity contribution in [3.63, 3.8) is 0 Å². The number of rotatable bonds is 4. The normalized spacial score (nSPS) is 12.4. The molecule has 4 heteroatoms. The van der Waals surface area contributed by atoms with Gasteiger partial charge in [-0.25, -0.2) is 4.39 Å². The average Bonchev–Trinajstić information content (AvgIpc) is 2.68. The molecule has 0 amide bonds. The summed E-state index contributed by atoms with van der Waals surface area (Å²) in [6.45, 7) is 4.70. The Bertz CT molecular complexity index is 519. The Morgan fingerprint density at radius 2 is 1.94 bits per heavy atom. The Balaban J connectivity index is 2.19. The van der Waals surface area contributed by atoms with Gasteiger partial charge in [0.1, 0.15) is 5.82 Å². The van der Waals surface area contributed by atoms with E-state index in [2.05, 4.69) is 25.2 Å². The second-order valence-electron chi connectivity index (χ2n) is 4.31. The predicted octanol–water partition coefficient (Wildman–Crippen LogP) is 3.62. The van der Waals surface area contributed by atoms with E-state index in [-0.39, 0.29) is 11.9 Å². The molecule has 1 heterocycles. The highest BCUT2D eigenvalue weighted by molar-refractivity contribution is 7.12. The van der Waals surface area contributed by atoms with Crippen LogP contribution in [0.4, 0.5) is 10.1 Å². The van der Waals surface area contributed by atoms with E-state index in [1.165, 1.54) is 27.5 Å². The van der Waals surface area contributed by atoms with Crippen LogP contribution < -0.4 is 11.1 Å². The largest absolute Gasteiger partial charge is 0.377 e. The standard InChI is InChI=1S/C14H17FN2S/c1-9-7-13(10(2)18-9)14(8-16)17-12-5-3-11(15)4-6-12/h3-7,14,17H,8,16H2,1-2H3. The van der Waals surface area contributed by atoms with Crippen LogP contribution in [0, 0.1) is 19.7 Å². The first-order valence-electron chi connectivity index (χ1n) is 5.89. The van der Waals surface area contributed by atoms with Crippen LogP contribution >= 0.6 is 11.3 Å². The third-order valence-electron chi connectivity index (χ3n) is 2.88.